The number of hydrogen-bond donors (Lipinski definition) is 2. The first-order valence-corrected chi connectivity index (χ1v) is 12.9. The Morgan fingerprint density at radius 1 is 0.925 bits per heavy atom. The van der Waals surface area contributed by atoms with Gasteiger partial charge in [0.25, 0.3) is 5.91 Å². The molecule has 0 saturated heterocycles. The molecule has 0 radical (unpaired) electrons. The Hall–Kier alpha value is -4.95. The number of carboxylic acids is 1. The molecule has 1 atom stereocenters. The van der Waals surface area contributed by atoms with Gasteiger partial charge in [0, 0.05) is 16.5 Å². The molecule has 1 aliphatic rings. The number of aromatic carboxylic acids is 1. The third-order valence-corrected chi connectivity index (χ3v) is 6.70. The monoisotopic (exact) mass is 552 g/mol. The standard InChI is InChI=1S/C31H25ClN4O4/c32-25-14-10-23(11-15-25)29(37)34-31(33)36-18-27(21-4-2-1-3-5-21)28(35-36)22-12-16-26(17-13-22)40-19-20-6-8-24(9-7-20)30(38)39/h1-17,27H,18-19H2,(H,38,39)(H2,33,34,37). The summed E-state index contributed by atoms with van der Waals surface area (Å²) in [7, 11) is 0. The number of carbonyl (C=O) groups is 2. The minimum Gasteiger partial charge on any atom is -0.489 e. The highest BCUT2D eigenvalue weighted by Gasteiger charge is 2.31. The molecule has 8 nitrogen and oxygen atoms in total. The molecule has 0 fully saturated rings. The van der Waals surface area contributed by atoms with Crippen LogP contribution < -0.4 is 10.5 Å². The summed E-state index contributed by atoms with van der Waals surface area (Å²) >= 11 is 5.92. The highest BCUT2D eigenvalue weighted by atomic mass is 35.5. The van der Waals surface area contributed by atoms with Gasteiger partial charge in [-0.15, -0.1) is 0 Å². The highest BCUT2D eigenvalue weighted by molar-refractivity contribution is 6.30. The Morgan fingerprint density at radius 2 is 1.57 bits per heavy atom. The van der Waals surface area contributed by atoms with Crippen molar-refractivity contribution in [1.82, 2.24) is 5.01 Å². The molecule has 0 aromatic heterocycles. The van der Waals surface area contributed by atoms with Gasteiger partial charge in [-0.1, -0.05) is 54.1 Å². The number of carbonyl (C=O) groups excluding carboxylic acids is 1. The van der Waals surface area contributed by atoms with Crippen molar-refractivity contribution >= 4 is 35.1 Å². The summed E-state index contributed by atoms with van der Waals surface area (Å²) in [6.07, 6.45) is 0. The molecule has 4 aromatic rings. The van der Waals surface area contributed by atoms with Gasteiger partial charge >= 0.3 is 5.97 Å². The lowest BCUT2D eigenvalue weighted by Crippen LogP contribution is -2.33. The van der Waals surface area contributed by atoms with E-state index in [-0.39, 0.29) is 17.4 Å². The topological polar surface area (TPSA) is 118 Å². The Bertz CT molecular complexity index is 1570. The SMILES string of the molecule is NC(=NC(=O)c1ccc(Cl)cc1)N1CC(c2ccccc2)C(c2ccc(OCc3ccc(C(=O)O)cc3)cc2)=N1. The van der Waals surface area contributed by atoms with E-state index in [2.05, 4.69) is 4.99 Å². The van der Waals surface area contributed by atoms with Crippen molar-refractivity contribution in [3.05, 3.63) is 136 Å². The van der Waals surface area contributed by atoms with Crippen LogP contribution in [0.3, 0.4) is 0 Å². The summed E-state index contributed by atoms with van der Waals surface area (Å²) in [5.74, 6) is -0.878. The predicted molar refractivity (Wildman–Crippen MR) is 154 cm³/mol. The van der Waals surface area contributed by atoms with Crippen LogP contribution in [0.5, 0.6) is 5.75 Å². The lowest BCUT2D eigenvalue weighted by atomic mass is 9.90. The van der Waals surface area contributed by atoms with Crippen LogP contribution in [0.1, 0.15) is 43.3 Å². The molecule has 4 aromatic carbocycles. The van der Waals surface area contributed by atoms with E-state index in [1.807, 2.05) is 54.6 Å². The van der Waals surface area contributed by atoms with Crippen molar-refractivity contribution < 1.29 is 19.4 Å². The molecule has 0 saturated carbocycles. The number of guanidine groups is 1. The number of halogens is 1. The van der Waals surface area contributed by atoms with Gasteiger partial charge < -0.3 is 15.6 Å². The number of amides is 1. The first-order chi connectivity index (χ1) is 19.4. The van der Waals surface area contributed by atoms with Crippen LogP contribution >= 0.6 is 11.6 Å². The molecule has 0 bridgehead atoms. The molecule has 1 aliphatic heterocycles. The summed E-state index contributed by atoms with van der Waals surface area (Å²) in [4.78, 5) is 27.8. The molecular weight excluding hydrogens is 528 g/mol. The molecule has 3 N–H and O–H groups in total. The van der Waals surface area contributed by atoms with Gasteiger partial charge in [-0.3, -0.25) is 4.79 Å². The largest absolute Gasteiger partial charge is 0.489 e. The second-order valence-electron chi connectivity index (χ2n) is 9.13. The minimum atomic E-state index is -0.966. The van der Waals surface area contributed by atoms with Crippen LogP contribution in [0.25, 0.3) is 0 Å². The van der Waals surface area contributed by atoms with Crippen molar-refractivity contribution in [2.75, 3.05) is 6.54 Å². The fourth-order valence-electron chi connectivity index (χ4n) is 4.30. The molecular formula is C31H25ClN4O4. The lowest BCUT2D eigenvalue weighted by molar-refractivity contribution is 0.0696. The Kier molecular flexibility index (Phi) is 7.89. The van der Waals surface area contributed by atoms with Crippen molar-refractivity contribution in [3.63, 3.8) is 0 Å². The number of rotatable bonds is 7. The van der Waals surface area contributed by atoms with Crippen LogP contribution in [-0.4, -0.2) is 40.2 Å². The fourth-order valence-corrected chi connectivity index (χ4v) is 4.43. The average Bonchev–Trinajstić information content (AvgIpc) is 3.43. The van der Waals surface area contributed by atoms with Gasteiger partial charge in [-0.25, -0.2) is 9.80 Å². The quantitative estimate of drug-likeness (QED) is 0.228. The van der Waals surface area contributed by atoms with Gasteiger partial charge in [0.15, 0.2) is 0 Å². The summed E-state index contributed by atoms with van der Waals surface area (Å²) < 4.78 is 5.89. The van der Waals surface area contributed by atoms with Crippen LogP contribution in [0, 0.1) is 0 Å². The molecule has 1 heterocycles. The smallest absolute Gasteiger partial charge is 0.335 e. The molecule has 0 aliphatic carbocycles. The van der Waals surface area contributed by atoms with E-state index in [1.54, 1.807) is 53.5 Å². The first-order valence-electron chi connectivity index (χ1n) is 12.5. The highest BCUT2D eigenvalue weighted by Crippen LogP contribution is 2.29. The summed E-state index contributed by atoms with van der Waals surface area (Å²) in [5, 5.41) is 15.9. The maximum atomic E-state index is 12.6. The summed E-state index contributed by atoms with van der Waals surface area (Å²) in [6, 6.07) is 30.5. The summed E-state index contributed by atoms with van der Waals surface area (Å²) in [6.45, 7) is 0.725. The third kappa shape index (κ3) is 6.19. The second-order valence-corrected chi connectivity index (χ2v) is 9.56. The molecule has 40 heavy (non-hydrogen) atoms. The number of ether oxygens (including phenoxy) is 1. The van der Waals surface area contributed by atoms with Crippen LogP contribution in [0.15, 0.2) is 113 Å². The minimum absolute atomic E-state index is 0.00440. The van der Waals surface area contributed by atoms with Crippen molar-refractivity contribution in [2.45, 2.75) is 12.5 Å². The van der Waals surface area contributed by atoms with Crippen molar-refractivity contribution in [3.8, 4) is 5.75 Å². The van der Waals surface area contributed by atoms with Gasteiger partial charge in [0.1, 0.15) is 12.4 Å². The Balaban J connectivity index is 1.34. The van der Waals surface area contributed by atoms with Gasteiger partial charge in [-0.05, 0) is 77.4 Å². The molecule has 200 valence electrons. The lowest BCUT2D eigenvalue weighted by Gasteiger charge is -2.15. The van der Waals surface area contributed by atoms with Crippen molar-refractivity contribution in [2.24, 2.45) is 15.8 Å². The van der Waals surface area contributed by atoms with Crippen molar-refractivity contribution in [1.29, 1.82) is 0 Å². The average molecular weight is 553 g/mol. The van der Waals surface area contributed by atoms with Crippen LogP contribution in [0.2, 0.25) is 5.02 Å². The number of hydrazone groups is 1. The van der Waals surface area contributed by atoms with Crippen LogP contribution in [-0.2, 0) is 6.61 Å². The summed E-state index contributed by atoms with van der Waals surface area (Å²) in [5.41, 5.74) is 10.4. The van der Waals surface area contributed by atoms with Gasteiger partial charge in [0.2, 0.25) is 5.96 Å². The zero-order chi connectivity index (χ0) is 28.1. The second kappa shape index (κ2) is 11.8. The number of carboxylic acid groups (broad SMARTS) is 1. The molecule has 1 unspecified atom stereocenters. The predicted octanol–water partition coefficient (Wildman–Crippen LogP) is 5.58. The van der Waals surface area contributed by atoms with Crippen LogP contribution in [0.4, 0.5) is 0 Å². The fraction of sp³-hybridized carbons (Fsp3) is 0.0968. The third-order valence-electron chi connectivity index (χ3n) is 6.44. The number of aliphatic imine (C=N–C) groups is 1. The number of nitrogens with zero attached hydrogens (tertiary/aromatic N) is 3. The first kappa shape index (κ1) is 26.6. The van der Waals surface area contributed by atoms with E-state index in [4.69, 9.17) is 32.3 Å². The maximum absolute atomic E-state index is 12.6. The molecule has 1 amide bonds. The Morgan fingerprint density at radius 3 is 2.23 bits per heavy atom. The van der Waals surface area contributed by atoms with Gasteiger partial charge in [0.05, 0.1) is 17.8 Å². The van der Waals surface area contributed by atoms with E-state index < -0.39 is 11.9 Å². The van der Waals surface area contributed by atoms with E-state index >= 15 is 0 Å². The zero-order valence-electron chi connectivity index (χ0n) is 21.3. The van der Waals surface area contributed by atoms with E-state index in [0.717, 1.165) is 22.4 Å². The Labute approximate surface area is 236 Å². The van der Waals surface area contributed by atoms with Gasteiger partial charge in [-0.2, -0.15) is 10.1 Å². The van der Waals surface area contributed by atoms with E-state index in [9.17, 15) is 9.59 Å². The van der Waals surface area contributed by atoms with E-state index in [1.165, 1.54) is 0 Å². The molecule has 5 rings (SSSR count). The zero-order valence-corrected chi connectivity index (χ0v) is 22.0. The number of hydrogen-bond acceptors (Lipinski definition) is 4. The number of nitrogens with two attached hydrogens (primary N) is 1. The molecule has 9 heteroatoms. The van der Waals surface area contributed by atoms with E-state index in [0.29, 0.717) is 29.5 Å². The normalized spacial score (nSPS) is 15.0. The molecule has 0 spiro atoms. The maximum Gasteiger partial charge on any atom is 0.335 e. The number of benzene rings is 4.